The van der Waals surface area contributed by atoms with E-state index in [1.54, 1.807) is 7.11 Å². The SMILES string of the molecule is COc1ccc(N2CCN(C(=O)c3cc4c(C)nn(C)c4s3)CC2)cc1. The second-order valence-corrected chi connectivity index (χ2v) is 7.55. The van der Waals surface area contributed by atoms with Crippen LogP contribution in [0.2, 0.25) is 0 Å². The van der Waals surface area contributed by atoms with Gasteiger partial charge in [-0.15, -0.1) is 11.3 Å². The molecule has 0 N–H and O–H groups in total. The van der Waals surface area contributed by atoms with E-state index in [4.69, 9.17) is 4.74 Å². The number of rotatable bonds is 3. The summed E-state index contributed by atoms with van der Waals surface area (Å²) in [6.45, 7) is 5.12. The summed E-state index contributed by atoms with van der Waals surface area (Å²) >= 11 is 1.53. The molecule has 136 valence electrons. The monoisotopic (exact) mass is 370 g/mol. The summed E-state index contributed by atoms with van der Waals surface area (Å²) in [6.07, 6.45) is 0. The molecular weight excluding hydrogens is 348 g/mol. The van der Waals surface area contributed by atoms with Crippen LogP contribution in [0.3, 0.4) is 0 Å². The van der Waals surface area contributed by atoms with Crippen LogP contribution >= 0.6 is 11.3 Å². The number of amides is 1. The van der Waals surface area contributed by atoms with Gasteiger partial charge in [0.25, 0.3) is 5.91 Å². The first-order valence-electron chi connectivity index (χ1n) is 8.68. The summed E-state index contributed by atoms with van der Waals surface area (Å²) in [6, 6.07) is 10.1. The maximum absolute atomic E-state index is 12.9. The van der Waals surface area contributed by atoms with Crippen LogP contribution < -0.4 is 9.64 Å². The molecule has 0 spiro atoms. The van der Waals surface area contributed by atoms with Gasteiger partial charge in [-0.05, 0) is 37.3 Å². The molecule has 1 aliphatic heterocycles. The molecule has 7 heteroatoms. The number of nitrogens with zero attached hydrogens (tertiary/aromatic N) is 4. The first-order chi connectivity index (χ1) is 12.6. The van der Waals surface area contributed by atoms with Gasteiger partial charge in [0.2, 0.25) is 0 Å². The highest BCUT2D eigenvalue weighted by Crippen LogP contribution is 2.29. The van der Waals surface area contributed by atoms with Crippen molar-refractivity contribution in [2.45, 2.75) is 6.92 Å². The molecule has 3 heterocycles. The van der Waals surface area contributed by atoms with Crippen molar-refractivity contribution in [1.29, 1.82) is 0 Å². The highest BCUT2D eigenvalue weighted by molar-refractivity contribution is 7.20. The van der Waals surface area contributed by atoms with Crippen LogP contribution in [0.25, 0.3) is 10.2 Å². The minimum atomic E-state index is 0.125. The van der Waals surface area contributed by atoms with Crippen molar-refractivity contribution >= 4 is 33.1 Å². The molecule has 3 aromatic rings. The fourth-order valence-electron chi connectivity index (χ4n) is 3.43. The van der Waals surface area contributed by atoms with Crippen molar-refractivity contribution in [1.82, 2.24) is 14.7 Å². The number of carbonyl (C=O) groups is 1. The van der Waals surface area contributed by atoms with Gasteiger partial charge in [-0.3, -0.25) is 9.48 Å². The standard InChI is InChI=1S/C19H22N4O2S/c1-13-16-12-17(26-19(16)21(2)20-13)18(24)23-10-8-22(9-11-23)14-4-6-15(25-3)7-5-14/h4-7,12H,8-11H2,1-3H3. The Kier molecular flexibility index (Phi) is 4.32. The third-order valence-electron chi connectivity index (χ3n) is 4.91. The highest BCUT2D eigenvalue weighted by Gasteiger charge is 2.24. The number of thiophene rings is 1. The Morgan fingerprint density at radius 2 is 1.85 bits per heavy atom. The molecular formula is C19H22N4O2S. The van der Waals surface area contributed by atoms with Crippen LogP contribution in [0.1, 0.15) is 15.4 Å². The van der Waals surface area contributed by atoms with E-state index in [1.807, 2.05) is 41.8 Å². The third-order valence-corrected chi connectivity index (χ3v) is 6.10. The number of methoxy groups -OCH3 is 1. The van der Waals surface area contributed by atoms with E-state index in [1.165, 1.54) is 17.0 Å². The summed E-state index contributed by atoms with van der Waals surface area (Å²) in [7, 11) is 3.60. The zero-order chi connectivity index (χ0) is 18.3. The van der Waals surface area contributed by atoms with E-state index in [9.17, 15) is 4.79 Å². The van der Waals surface area contributed by atoms with Crippen LogP contribution in [0, 0.1) is 6.92 Å². The van der Waals surface area contributed by atoms with Gasteiger partial charge >= 0.3 is 0 Å². The first kappa shape index (κ1) is 16.9. The van der Waals surface area contributed by atoms with Crippen LogP contribution in [0.5, 0.6) is 5.75 Å². The van der Waals surface area contributed by atoms with Crippen LogP contribution in [0.15, 0.2) is 30.3 Å². The normalized spacial score (nSPS) is 14.9. The molecule has 0 radical (unpaired) electrons. The van der Waals surface area contributed by atoms with Crippen LogP contribution in [0.4, 0.5) is 5.69 Å². The molecule has 1 amide bonds. The van der Waals surface area contributed by atoms with E-state index < -0.39 is 0 Å². The lowest BCUT2D eigenvalue weighted by Crippen LogP contribution is -2.48. The Morgan fingerprint density at radius 3 is 2.46 bits per heavy atom. The number of carbonyl (C=O) groups excluding carboxylic acids is 1. The smallest absolute Gasteiger partial charge is 0.264 e. The number of hydrogen-bond acceptors (Lipinski definition) is 5. The van der Waals surface area contributed by atoms with E-state index in [0.717, 1.165) is 52.7 Å². The van der Waals surface area contributed by atoms with Gasteiger partial charge < -0.3 is 14.5 Å². The van der Waals surface area contributed by atoms with Crippen molar-refractivity contribution < 1.29 is 9.53 Å². The molecule has 0 bridgehead atoms. The minimum Gasteiger partial charge on any atom is -0.497 e. The van der Waals surface area contributed by atoms with Crippen molar-refractivity contribution in [3.05, 3.63) is 40.9 Å². The topological polar surface area (TPSA) is 50.6 Å². The molecule has 1 saturated heterocycles. The van der Waals surface area contributed by atoms with Gasteiger partial charge in [-0.2, -0.15) is 5.10 Å². The second-order valence-electron chi connectivity index (χ2n) is 6.52. The summed E-state index contributed by atoms with van der Waals surface area (Å²) < 4.78 is 7.07. The van der Waals surface area contributed by atoms with Crippen LogP contribution in [-0.4, -0.2) is 53.9 Å². The third kappa shape index (κ3) is 2.92. The Bertz CT molecular complexity index is 902. The number of anilines is 1. The number of ether oxygens (including phenoxy) is 1. The Balaban J connectivity index is 1.44. The molecule has 0 atom stereocenters. The van der Waals surface area contributed by atoms with Crippen LogP contribution in [-0.2, 0) is 7.05 Å². The predicted molar refractivity (Wildman–Crippen MR) is 104 cm³/mol. The fraction of sp³-hybridized carbons (Fsp3) is 0.368. The zero-order valence-electron chi connectivity index (χ0n) is 15.2. The number of aromatic nitrogens is 2. The van der Waals surface area contributed by atoms with Gasteiger partial charge in [0.15, 0.2) is 0 Å². The van der Waals surface area contributed by atoms with Gasteiger partial charge in [0, 0.05) is 44.3 Å². The Labute approximate surface area is 156 Å². The lowest BCUT2D eigenvalue weighted by Gasteiger charge is -2.36. The van der Waals surface area contributed by atoms with E-state index >= 15 is 0 Å². The molecule has 1 aliphatic rings. The molecule has 6 nitrogen and oxygen atoms in total. The molecule has 0 saturated carbocycles. The molecule has 1 fully saturated rings. The maximum atomic E-state index is 12.9. The first-order valence-corrected chi connectivity index (χ1v) is 9.50. The minimum absolute atomic E-state index is 0.125. The molecule has 4 rings (SSSR count). The lowest BCUT2D eigenvalue weighted by atomic mass is 10.2. The van der Waals surface area contributed by atoms with Gasteiger partial charge in [0.05, 0.1) is 17.7 Å². The van der Waals surface area contributed by atoms with Crippen molar-refractivity contribution in [3.63, 3.8) is 0 Å². The van der Waals surface area contributed by atoms with E-state index in [0.29, 0.717) is 0 Å². The predicted octanol–water partition coefficient (Wildman–Crippen LogP) is 2.91. The summed E-state index contributed by atoms with van der Waals surface area (Å²) in [5.41, 5.74) is 2.14. The number of fused-ring (bicyclic) bond motifs is 1. The summed E-state index contributed by atoms with van der Waals surface area (Å²) in [5, 5.41) is 5.49. The largest absolute Gasteiger partial charge is 0.497 e. The van der Waals surface area contributed by atoms with Crippen molar-refractivity contribution in [2.75, 3.05) is 38.2 Å². The van der Waals surface area contributed by atoms with Gasteiger partial charge in [0.1, 0.15) is 10.6 Å². The average molecular weight is 370 g/mol. The molecule has 0 aliphatic carbocycles. The molecule has 0 unspecified atom stereocenters. The van der Waals surface area contributed by atoms with E-state index in [-0.39, 0.29) is 5.91 Å². The Hall–Kier alpha value is -2.54. The van der Waals surface area contributed by atoms with Gasteiger partial charge in [-0.25, -0.2) is 0 Å². The molecule has 26 heavy (non-hydrogen) atoms. The summed E-state index contributed by atoms with van der Waals surface area (Å²) in [4.78, 5) is 19.0. The maximum Gasteiger partial charge on any atom is 0.264 e. The molecule has 1 aromatic carbocycles. The summed E-state index contributed by atoms with van der Waals surface area (Å²) in [5.74, 6) is 0.983. The second kappa shape index (κ2) is 6.64. The number of piperazine rings is 1. The van der Waals surface area contributed by atoms with E-state index in [2.05, 4.69) is 22.1 Å². The average Bonchev–Trinajstić information content (AvgIpc) is 3.23. The fourth-order valence-corrected chi connectivity index (χ4v) is 4.52. The highest BCUT2D eigenvalue weighted by atomic mass is 32.1. The van der Waals surface area contributed by atoms with Crippen molar-refractivity contribution in [3.8, 4) is 5.75 Å². The lowest BCUT2D eigenvalue weighted by molar-refractivity contribution is 0.0752. The zero-order valence-corrected chi connectivity index (χ0v) is 16.0. The Morgan fingerprint density at radius 1 is 1.15 bits per heavy atom. The van der Waals surface area contributed by atoms with Gasteiger partial charge in [-0.1, -0.05) is 0 Å². The number of hydrogen-bond donors (Lipinski definition) is 0. The quantitative estimate of drug-likeness (QED) is 0.711. The number of benzene rings is 1. The van der Waals surface area contributed by atoms with Crippen molar-refractivity contribution in [2.24, 2.45) is 7.05 Å². The number of aryl methyl sites for hydroxylation is 2. The molecule has 2 aromatic heterocycles.